The number of halogens is 1. The van der Waals surface area contributed by atoms with Crippen LogP contribution in [0.2, 0.25) is 0 Å². The van der Waals surface area contributed by atoms with Gasteiger partial charge in [-0.25, -0.2) is 0 Å². The van der Waals surface area contributed by atoms with Gasteiger partial charge in [0.15, 0.2) is 0 Å². The highest BCUT2D eigenvalue weighted by molar-refractivity contribution is 14.1. The van der Waals surface area contributed by atoms with E-state index in [1.54, 1.807) is 0 Å². The SMILES string of the molecule is O=C(O)C1CCC(NI)C1. The second kappa shape index (κ2) is 3.52. The summed E-state index contributed by atoms with van der Waals surface area (Å²) >= 11 is 2.08. The molecule has 2 N–H and O–H groups in total. The molecule has 1 fully saturated rings. The molecule has 0 aromatic carbocycles. The maximum absolute atomic E-state index is 10.4. The lowest BCUT2D eigenvalue weighted by atomic mass is 10.1. The molecule has 1 saturated carbocycles. The van der Waals surface area contributed by atoms with Crippen LogP contribution in [0.25, 0.3) is 0 Å². The molecule has 58 valence electrons. The molecule has 1 aliphatic carbocycles. The fourth-order valence-electron chi connectivity index (χ4n) is 1.30. The number of hydrogen-bond donors (Lipinski definition) is 2. The Morgan fingerprint density at radius 3 is 2.60 bits per heavy atom. The Morgan fingerprint density at radius 2 is 2.30 bits per heavy atom. The molecule has 1 aliphatic rings. The molecule has 10 heavy (non-hydrogen) atoms. The van der Waals surface area contributed by atoms with Gasteiger partial charge in [0.1, 0.15) is 0 Å². The van der Waals surface area contributed by atoms with Crippen LogP contribution < -0.4 is 3.53 Å². The Hall–Kier alpha value is 0.160. The maximum atomic E-state index is 10.4. The largest absolute Gasteiger partial charge is 0.481 e. The lowest BCUT2D eigenvalue weighted by Gasteiger charge is -2.04. The molecule has 0 aromatic heterocycles. The zero-order valence-corrected chi connectivity index (χ0v) is 7.67. The highest BCUT2D eigenvalue weighted by Crippen LogP contribution is 2.25. The van der Waals surface area contributed by atoms with Gasteiger partial charge in [0, 0.05) is 28.9 Å². The van der Waals surface area contributed by atoms with Crippen LogP contribution in [0.15, 0.2) is 0 Å². The summed E-state index contributed by atoms with van der Waals surface area (Å²) in [6.07, 6.45) is 2.62. The number of carboxylic acids is 1. The predicted molar refractivity (Wildman–Crippen MR) is 45.9 cm³/mol. The van der Waals surface area contributed by atoms with Gasteiger partial charge < -0.3 is 5.11 Å². The van der Waals surface area contributed by atoms with Crippen molar-refractivity contribution in [1.82, 2.24) is 3.53 Å². The molecular formula is C6H10INO2. The van der Waals surface area contributed by atoms with Crippen LogP contribution in [-0.2, 0) is 4.79 Å². The quantitative estimate of drug-likeness (QED) is 0.575. The molecule has 0 spiro atoms. The van der Waals surface area contributed by atoms with Crippen LogP contribution in [0.1, 0.15) is 19.3 Å². The molecule has 4 heteroatoms. The summed E-state index contributed by atoms with van der Waals surface area (Å²) in [6.45, 7) is 0. The fraction of sp³-hybridized carbons (Fsp3) is 0.833. The second-order valence-electron chi connectivity index (χ2n) is 2.65. The van der Waals surface area contributed by atoms with Gasteiger partial charge in [-0.2, -0.15) is 0 Å². The lowest BCUT2D eigenvalue weighted by molar-refractivity contribution is -0.141. The first-order valence-corrected chi connectivity index (χ1v) is 4.41. The number of nitrogens with one attached hydrogen (secondary N) is 1. The number of carboxylic acid groups (broad SMARTS) is 1. The van der Waals surface area contributed by atoms with Gasteiger partial charge in [0.05, 0.1) is 5.92 Å². The summed E-state index contributed by atoms with van der Waals surface area (Å²) in [5.41, 5.74) is 0. The fourth-order valence-corrected chi connectivity index (χ4v) is 1.87. The van der Waals surface area contributed by atoms with E-state index in [-0.39, 0.29) is 5.92 Å². The summed E-state index contributed by atoms with van der Waals surface area (Å²) in [7, 11) is 0. The van der Waals surface area contributed by atoms with Crippen molar-refractivity contribution in [2.24, 2.45) is 5.92 Å². The summed E-state index contributed by atoms with van der Waals surface area (Å²) in [6, 6.07) is 0.418. The topological polar surface area (TPSA) is 49.3 Å². The summed E-state index contributed by atoms with van der Waals surface area (Å²) in [5.74, 6) is -0.749. The first kappa shape index (κ1) is 8.26. The van der Waals surface area contributed by atoms with Crippen LogP contribution in [0, 0.1) is 5.92 Å². The van der Waals surface area contributed by atoms with Gasteiger partial charge in [-0.1, -0.05) is 0 Å². The van der Waals surface area contributed by atoms with Crippen molar-refractivity contribution in [3.8, 4) is 0 Å². The van der Waals surface area contributed by atoms with Gasteiger partial charge in [0.2, 0.25) is 0 Å². The van der Waals surface area contributed by atoms with Gasteiger partial charge in [-0.3, -0.25) is 8.32 Å². The normalized spacial score (nSPS) is 32.5. The number of rotatable bonds is 2. The summed E-state index contributed by atoms with van der Waals surface area (Å²) in [5, 5.41) is 8.60. The molecule has 3 nitrogen and oxygen atoms in total. The van der Waals surface area contributed by atoms with E-state index in [9.17, 15) is 4.79 Å². The number of carbonyl (C=O) groups is 1. The molecule has 1 rings (SSSR count). The standard InChI is InChI=1S/C6H10INO2/c7-8-5-2-1-4(3-5)6(9)10/h4-5,8H,1-3H2,(H,9,10). The maximum Gasteiger partial charge on any atom is 0.306 e. The average Bonchev–Trinajstić information content (AvgIpc) is 2.34. The molecule has 0 aromatic rings. The smallest absolute Gasteiger partial charge is 0.306 e. The minimum absolute atomic E-state index is 0.104. The average molecular weight is 255 g/mol. The highest BCUT2D eigenvalue weighted by atomic mass is 127. The molecule has 0 radical (unpaired) electrons. The van der Waals surface area contributed by atoms with Gasteiger partial charge >= 0.3 is 5.97 Å². The molecule has 0 bridgehead atoms. The Bertz CT molecular complexity index is 140. The number of hydrogen-bond acceptors (Lipinski definition) is 2. The Morgan fingerprint density at radius 1 is 1.60 bits per heavy atom. The van der Waals surface area contributed by atoms with E-state index >= 15 is 0 Å². The van der Waals surface area contributed by atoms with E-state index in [1.165, 1.54) is 0 Å². The Kier molecular flexibility index (Phi) is 2.91. The van der Waals surface area contributed by atoms with Crippen molar-refractivity contribution >= 4 is 28.8 Å². The minimum Gasteiger partial charge on any atom is -0.481 e. The van der Waals surface area contributed by atoms with Crippen LogP contribution in [0.5, 0.6) is 0 Å². The van der Waals surface area contributed by atoms with Crippen molar-refractivity contribution in [3.05, 3.63) is 0 Å². The molecule has 0 heterocycles. The van der Waals surface area contributed by atoms with Crippen LogP contribution in [0.4, 0.5) is 0 Å². The lowest BCUT2D eigenvalue weighted by Crippen LogP contribution is -2.17. The van der Waals surface area contributed by atoms with E-state index < -0.39 is 5.97 Å². The van der Waals surface area contributed by atoms with E-state index in [2.05, 4.69) is 26.4 Å². The third-order valence-corrected chi connectivity index (χ3v) is 2.82. The first-order valence-electron chi connectivity index (χ1n) is 3.33. The van der Waals surface area contributed by atoms with E-state index in [0.29, 0.717) is 6.04 Å². The van der Waals surface area contributed by atoms with Crippen molar-refractivity contribution in [1.29, 1.82) is 0 Å². The molecular weight excluding hydrogens is 245 g/mol. The van der Waals surface area contributed by atoms with E-state index in [4.69, 9.17) is 5.11 Å². The van der Waals surface area contributed by atoms with E-state index in [1.807, 2.05) is 0 Å². The molecule has 0 saturated heterocycles. The van der Waals surface area contributed by atoms with Crippen molar-refractivity contribution in [2.45, 2.75) is 25.3 Å². The van der Waals surface area contributed by atoms with Crippen molar-refractivity contribution in [3.63, 3.8) is 0 Å². The summed E-state index contributed by atoms with van der Waals surface area (Å²) < 4.78 is 3.06. The number of aliphatic carboxylic acids is 1. The predicted octanol–water partition coefficient (Wildman–Crippen LogP) is 1.18. The third-order valence-electron chi connectivity index (χ3n) is 1.94. The Labute approximate surface area is 73.7 Å². The Balaban J connectivity index is 2.35. The van der Waals surface area contributed by atoms with Gasteiger partial charge in [0.25, 0.3) is 0 Å². The monoisotopic (exact) mass is 255 g/mol. The van der Waals surface area contributed by atoms with Crippen molar-refractivity contribution in [2.75, 3.05) is 0 Å². The molecule has 0 amide bonds. The second-order valence-corrected chi connectivity index (χ2v) is 3.28. The zero-order chi connectivity index (χ0) is 7.56. The van der Waals surface area contributed by atoms with Crippen molar-refractivity contribution < 1.29 is 9.90 Å². The van der Waals surface area contributed by atoms with Gasteiger partial charge in [-0.15, -0.1) is 0 Å². The van der Waals surface area contributed by atoms with Gasteiger partial charge in [-0.05, 0) is 19.3 Å². The highest BCUT2D eigenvalue weighted by Gasteiger charge is 2.28. The third kappa shape index (κ3) is 1.82. The van der Waals surface area contributed by atoms with Crippen LogP contribution >= 0.6 is 22.9 Å². The van der Waals surface area contributed by atoms with Crippen LogP contribution in [-0.4, -0.2) is 17.1 Å². The molecule has 2 atom stereocenters. The molecule has 2 unspecified atom stereocenters. The zero-order valence-electron chi connectivity index (χ0n) is 5.51. The van der Waals surface area contributed by atoms with E-state index in [0.717, 1.165) is 19.3 Å². The summed E-state index contributed by atoms with van der Waals surface area (Å²) in [4.78, 5) is 10.4. The van der Waals surface area contributed by atoms with Crippen LogP contribution in [0.3, 0.4) is 0 Å². The minimum atomic E-state index is -0.644. The first-order chi connectivity index (χ1) is 4.74. The molecule has 0 aliphatic heterocycles.